The van der Waals surface area contributed by atoms with Crippen LogP contribution in [-0.2, 0) is 6.61 Å². The SMILES string of the molecule is Cl.O=C(c1ccc(OCc2cccc(F)c2)cc1)C1CCNCC1. The molecule has 0 saturated carbocycles. The molecule has 2 aromatic carbocycles. The van der Waals surface area contributed by atoms with E-state index in [1.807, 2.05) is 18.2 Å². The zero-order valence-corrected chi connectivity index (χ0v) is 14.2. The molecular weight excluding hydrogens is 329 g/mol. The summed E-state index contributed by atoms with van der Waals surface area (Å²) in [5, 5.41) is 3.27. The van der Waals surface area contributed by atoms with E-state index in [9.17, 15) is 9.18 Å². The van der Waals surface area contributed by atoms with Crippen molar-refractivity contribution in [3.63, 3.8) is 0 Å². The molecule has 1 aliphatic rings. The molecule has 0 unspecified atom stereocenters. The van der Waals surface area contributed by atoms with Crippen LogP contribution in [0.15, 0.2) is 48.5 Å². The topological polar surface area (TPSA) is 38.3 Å². The lowest BCUT2D eigenvalue weighted by molar-refractivity contribution is 0.0895. The number of hydrogen-bond donors (Lipinski definition) is 1. The van der Waals surface area contributed by atoms with Gasteiger partial charge in [0.25, 0.3) is 0 Å². The van der Waals surface area contributed by atoms with Crippen LogP contribution in [-0.4, -0.2) is 18.9 Å². The summed E-state index contributed by atoms with van der Waals surface area (Å²) in [4.78, 5) is 12.4. The average Bonchev–Trinajstić information content (AvgIpc) is 2.61. The molecule has 0 bridgehead atoms. The maximum absolute atomic E-state index is 13.1. The second kappa shape index (κ2) is 8.81. The summed E-state index contributed by atoms with van der Waals surface area (Å²) in [7, 11) is 0. The number of benzene rings is 2. The molecule has 0 aliphatic carbocycles. The van der Waals surface area contributed by atoms with Gasteiger partial charge in [-0.05, 0) is 67.9 Å². The van der Waals surface area contributed by atoms with Crippen molar-refractivity contribution in [1.82, 2.24) is 5.32 Å². The van der Waals surface area contributed by atoms with Gasteiger partial charge in [-0.1, -0.05) is 12.1 Å². The van der Waals surface area contributed by atoms with Gasteiger partial charge in [0.2, 0.25) is 0 Å². The molecule has 1 N–H and O–H groups in total. The molecule has 2 aromatic rings. The maximum Gasteiger partial charge on any atom is 0.166 e. The Hall–Kier alpha value is -1.91. The Kier molecular flexibility index (Phi) is 6.76. The lowest BCUT2D eigenvalue weighted by Gasteiger charge is -2.21. The molecule has 0 radical (unpaired) electrons. The van der Waals surface area contributed by atoms with Gasteiger partial charge in [-0.2, -0.15) is 0 Å². The highest BCUT2D eigenvalue weighted by molar-refractivity contribution is 5.98. The monoisotopic (exact) mass is 349 g/mol. The zero-order valence-electron chi connectivity index (χ0n) is 13.3. The number of hydrogen-bond acceptors (Lipinski definition) is 3. The predicted molar refractivity (Wildman–Crippen MR) is 94.3 cm³/mol. The fourth-order valence-electron chi connectivity index (χ4n) is 2.83. The van der Waals surface area contributed by atoms with Crippen molar-refractivity contribution < 1.29 is 13.9 Å². The number of ether oxygens (including phenoxy) is 1. The fraction of sp³-hybridized carbons (Fsp3) is 0.316. The molecule has 0 amide bonds. The van der Waals surface area contributed by atoms with Crippen molar-refractivity contribution in [2.75, 3.05) is 13.1 Å². The van der Waals surface area contributed by atoms with Gasteiger partial charge in [-0.15, -0.1) is 12.4 Å². The maximum atomic E-state index is 13.1. The number of carbonyl (C=O) groups excluding carboxylic acids is 1. The Morgan fingerprint density at radius 2 is 1.83 bits per heavy atom. The first-order valence-electron chi connectivity index (χ1n) is 7.94. The van der Waals surface area contributed by atoms with Crippen LogP contribution in [0.3, 0.4) is 0 Å². The largest absolute Gasteiger partial charge is 0.489 e. The summed E-state index contributed by atoms with van der Waals surface area (Å²) in [6.07, 6.45) is 1.80. The molecule has 5 heteroatoms. The van der Waals surface area contributed by atoms with E-state index in [-0.39, 0.29) is 29.9 Å². The molecular formula is C19H21ClFNO2. The van der Waals surface area contributed by atoms with Gasteiger partial charge in [-0.25, -0.2) is 4.39 Å². The third kappa shape index (κ3) is 4.79. The first-order valence-corrected chi connectivity index (χ1v) is 7.94. The highest BCUT2D eigenvalue weighted by Crippen LogP contribution is 2.21. The van der Waals surface area contributed by atoms with Gasteiger partial charge in [0.1, 0.15) is 18.2 Å². The minimum atomic E-state index is -0.269. The Labute approximate surface area is 147 Å². The van der Waals surface area contributed by atoms with Gasteiger partial charge in [-0.3, -0.25) is 4.79 Å². The highest BCUT2D eigenvalue weighted by atomic mass is 35.5. The van der Waals surface area contributed by atoms with Gasteiger partial charge in [0.15, 0.2) is 5.78 Å². The van der Waals surface area contributed by atoms with E-state index in [2.05, 4.69) is 5.32 Å². The number of Topliss-reactive ketones (excluding diaryl/α,β-unsaturated/α-hetero) is 1. The quantitative estimate of drug-likeness (QED) is 0.829. The van der Waals surface area contributed by atoms with E-state index >= 15 is 0 Å². The fourth-order valence-corrected chi connectivity index (χ4v) is 2.83. The Morgan fingerprint density at radius 1 is 1.12 bits per heavy atom. The smallest absolute Gasteiger partial charge is 0.166 e. The average molecular weight is 350 g/mol. The van der Waals surface area contributed by atoms with Crippen LogP contribution in [0.25, 0.3) is 0 Å². The van der Waals surface area contributed by atoms with Gasteiger partial charge >= 0.3 is 0 Å². The van der Waals surface area contributed by atoms with Crippen molar-refractivity contribution in [3.05, 3.63) is 65.5 Å². The second-order valence-electron chi connectivity index (χ2n) is 5.83. The highest BCUT2D eigenvalue weighted by Gasteiger charge is 2.21. The standard InChI is InChI=1S/C19H20FNO2.ClH/c20-17-3-1-2-14(12-17)13-23-18-6-4-15(5-7-18)19(22)16-8-10-21-11-9-16;/h1-7,12,16,21H,8-11,13H2;1H. The summed E-state index contributed by atoms with van der Waals surface area (Å²) in [6, 6.07) is 13.6. The first kappa shape index (κ1) is 18.4. The van der Waals surface area contributed by atoms with Gasteiger partial charge in [0.05, 0.1) is 0 Å². The van der Waals surface area contributed by atoms with E-state index in [1.54, 1.807) is 18.2 Å². The molecule has 24 heavy (non-hydrogen) atoms. The van der Waals surface area contributed by atoms with Gasteiger partial charge < -0.3 is 10.1 Å². The van der Waals surface area contributed by atoms with Gasteiger partial charge in [0, 0.05) is 11.5 Å². The Morgan fingerprint density at radius 3 is 2.50 bits per heavy atom. The van der Waals surface area contributed by atoms with Crippen LogP contribution in [0.5, 0.6) is 5.75 Å². The number of rotatable bonds is 5. The van der Waals surface area contributed by atoms with Crippen LogP contribution in [0, 0.1) is 11.7 Å². The minimum Gasteiger partial charge on any atom is -0.489 e. The van der Waals surface area contributed by atoms with Crippen LogP contribution >= 0.6 is 12.4 Å². The van der Waals surface area contributed by atoms with Crippen LogP contribution in [0.4, 0.5) is 4.39 Å². The summed E-state index contributed by atoms with van der Waals surface area (Å²) < 4.78 is 18.8. The third-order valence-corrected chi connectivity index (χ3v) is 4.14. The number of piperidine rings is 1. The van der Waals surface area contributed by atoms with Crippen LogP contribution in [0.2, 0.25) is 0 Å². The van der Waals surface area contributed by atoms with Crippen molar-refractivity contribution >= 4 is 18.2 Å². The van der Waals surface area contributed by atoms with E-state index in [1.165, 1.54) is 12.1 Å². The van der Waals surface area contributed by atoms with E-state index in [4.69, 9.17) is 4.74 Å². The molecule has 1 saturated heterocycles. The normalized spacial score (nSPS) is 14.7. The number of halogens is 2. The molecule has 3 nitrogen and oxygen atoms in total. The third-order valence-electron chi connectivity index (χ3n) is 4.14. The van der Waals surface area contributed by atoms with E-state index in [0.717, 1.165) is 37.1 Å². The number of carbonyl (C=O) groups is 1. The number of ketones is 1. The molecule has 0 spiro atoms. The van der Waals surface area contributed by atoms with Crippen molar-refractivity contribution in [3.8, 4) is 5.75 Å². The van der Waals surface area contributed by atoms with Crippen molar-refractivity contribution in [2.24, 2.45) is 5.92 Å². The van der Waals surface area contributed by atoms with Crippen molar-refractivity contribution in [2.45, 2.75) is 19.4 Å². The number of nitrogens with one attached hydrogen (secondary N) is 1. The van der Waals surface area contributed by atoms with Crippen molar-refractivity contribution in [1.29, 1.82) is 0 Å². The molecule has 0 aromatic heterocycles. The summed E-state index contributed by atoms with van der Waals surface area (Å²) in [5.41, 5.74) is 1.51. The Bertz CT molecular complexity index is 669. The Balaban J connectivity index is 0.00000208. The molecule has 1 aliphatic heterocycles. The molecule has 3 rings (SSSR count). The van der Waals surface area contributed by atoms with Crippen LogP contribution in [0.1, 0.15) is 28.8 Å². The van der Waals surface area contributed by atoms with E-state index < -0.39 is 0 Å². The molecule has 1 fully saturated rings. The lowest BCUT2D eigenvalue weighted by atomic mass is 9.90. The summed E-state index contributed by atoms with van der Waals surface area (Å²) >= 11 is 0. The lowest BCUT2D eigenvalue weighted by Crippen LogP contribution is -2.31. The predicted octanol–water partition coefficient (Wildman–Crippen LogP) is 4.01. The zero-order chi connectivity index (χ0) is 16.1. The minimum absolute atomic E-state index is 0. The molecule has 0 atom stereocenters. The van der Waals surface area contributed by atoms with Crippen LogP contribution < -0.4 is 10.1 Å². The first-order chi connectivity index (χ1) is 11.2. The summed E-state index contributed by atoms with van der Waals surface area (Å²) in [6.45, 7) is 2.12. The summed E-state index contributed by atoms with van der Waals surface area (Å²) in [5.74, 6) is 0.739. The molecule has 1 heterocycles. The second-order valence-corrected chi connectivity index (χ2v) is 5.83. The van der Waals surface area contributed by atoms with E-state index in [0.29, 0.717) is 12.4 Å². The molecule has 128 valence electrons.